The number of rotatable bonds is 4. The Morgan fingerprint density at radius 1 is 1.03 bits per heavy atom. The van der Waals surface area contributed by atoms with Gasteiger partial charge in [-0.15, -0.1) is 0 Å². The minimum absolute atomic E-state index is 0.145. The molecule has 5 rings (SSSR count). The monoisotopic (exact) mass is 393 g/mol. The molecule has 152 valence electrons. The van der Waals surface area contributed by atoms with Gasteiger partial charge in [0, 0.05) is 23.4 Å². The first-order valence-corrected chi connectivity index (χ1v) is 10.3. The van der Waals surface area contributed by atoms with E-state index >= 15 is 0 Å². The first kappa shape index (κ1) is 18.2. The summed E-state index contributed by atoms with van der Waals surface area (Å²) in [6.07, 6.45) is 5.24. The molecule has 0 spiro atoms. The van der Waals surface area contributed by atoms with Crippen LogP contribution < -0.4 is 18.9 Å². The number of ether oxygens (including phenoxy) is 4. The average molecular weight is 393 g/mol. The Labute approximate surface area is 171 Å². The van der Waals surface area contributed by atoms with Crippen LogP contribution in [0.25, 0.3) is 11.8 Å². The first-order valence-electron chi connectivity index (χ1n) is 10.3. The summed E-state index contributed by atoms with van der Waals surface area (Å²) in [4.78, 5) is 2.57. The second-order valence-electron chi connectivity index (χ2n) is 7.80. The highest BCUT2D eigenvalue weighted by Crippen LogP contribution is 2.54. The van der Waals surface area contributed by atoms with Gasteiger partial charge in [-0.05, 0) is 54.7 Å². The summed E-state index contributed by atoms with van der Waals surface area (Å²) >= 11 is 0. The zero-order valence-corrected chi connectivity index (χ0v) is 17.5. The number of benzene rings is 2. The molecule has 5 nitrogen and oxygen atoms in total. The molecule has 0 aromatic heterocycles. The van der Waals surface area contributed by atoms with Crippen molar-refractivity contribution in [1.29, 1.82) is 0 Å². The Bertz CT molecular complexity index is 1010. The Kier molecular flexibility index (Phi) is 4.16. The Morgan fingerprint density at radius 2 is 1.79 bits per heavy atom. The molecular weight excluding hydrogens is 366 g/mol. The van der Waals surface area contributed by atoms with Gasteiger partial charge in [0.2, 0.25) is 6.79 Å². The fourth-order valence-corrected chi connectivity index (χ4v) is 5.34. The van der Waals surface area contributed by atoms with E-state index in [0.29, 0.717) is 6.79 Å². The number of hydrogen-bond acceptors (Lipinski definition) is 5. The van der Waals surface area contributed by atoms with Gasteiger partial charge >= 0.3 is 0 Å². The molecule has 0 amide bonds. The zero-order valence-electron chi connectivity index (χ0n) is 17.5. The van der Waals surface area contributed by atoms with Crippen molar-refractivity contribution in [1.82, 2.24) is 4.90 Å². The Hall–Kier alpha value is -2.82. The van der Waals surface area contributed by atoms with Crippen LogP contribution in [0.4, 0.5) is 0 Å². The lowest BCUT2D eigenvalue weighted by Crippen LogP contribution is -2.49. The molecule has 2 aromatic carbocycles. The van der Waals surface area contributed by atoms with Gasteiger partial charge in [0.1, 0.15) is 0 Å². The largest absolute Gasteiger partial charge is 0.493 e. The van der Waals surface area contributed by atoms with E-state index in [4.69, 9.17) is 18.9 Å². The van der Waals surface area contributed by atoms with Crippen LogP contribution in [-0.2, 0) is 12.0 Å². The van der Waals surface area contributed by atoms with E-state index < -0.39 is 0 Å². The van der Waals surface area contributed by atoms with Crippen LogP contribution in [0.1, 0.15) is 48.9 Å². The number of methoxy groups -OCH3 is 2. The van der Waals surface area contributed by atoms with Crippen molar-refractivity contribution in [2.75, 3.05) is 27.6 Å². The summed E-state index contributed by atoms with van der Waals surface area (Å²) in [7, 11) is 3.44. The van der Waals surface area contributed by atoms with E-state index in [1.54, 1.807) is 14.2 Å². The second-order valence-corrected chi connectivity index (χ2v) is 7.80. The lowest BCUT2D eigenvalue weighted by atomic mass is 9.74. The molecule has 3 aliphatic heterocycles. The molecule has 5 heteroatoms. The zero-order chi connectivity index (χ0) is 20.2. The van der Waals surface area contributed by atoms with E-state index in [2.05, 4.69) is 43.0 Å². The summed E-state index contributed by atoms with van der Waals surface area (Å²) in [5, 5.41) is 0. The molecule has 0 saturated carbocycles. The van der Waals surface area contributed by atoms with Gasteiger partial charge in [-0.2, -0.15) is 0 Å². The van der Waals surface area contributed by atoms with Crippen LogP contribution >= 0.6 is 0 Å². The van der Waals surface area contributed by atoms with E-state index in [-0.39, 0.29) is 5.54 Å². The smallest absolute Gasteiger partial charge is 0.231 e. The average Bonchev–Trinajstić information content (AvgIpc) is 3.22. The highest BCUT2D eigenvalue weighted by molar-refractivity contribution is 5.88. The van der Waals surface area contributed by atoms with Gasteiger partial charge in [0.15, 0.2) is 23.0 Å². The summed E-state index contributed by atoms with van der Waals surface area (Å²) in [6, 6.07) is 8.46. The molecule has 0 N–H and O–H groups in total. The maximum Gasteiger partial charge on any atom is 0.231 e. The molecule has 0 unspecified atom stereocenters. The van der Waals surface area contributed by atoms with Crippen molar-refractivity contribution in [2.24, 2.45) is 0 Å². The summed E-state index contributed by atoms with van der Waals surface area (Å²) in [6.45, 7) is 5.79. The van der Waals surface area contributed by atoms with Gasteiger partial charge in [-0.25, -0.2) is 0 Å². The summed E-state index contributed by atoms with van der Waals surface area (Å²) in [5.41, 5.74) is 6.11. The molecule has 0 atom stereocenters. The minimum atomic E-state index is -0.145. The van der Waals surface area contributed by atoms with E-state index in [0.717, 1.165) is 48.8 Å². The highest BCUT2D eigenvalue weighted by Gasteiger charge is 2.45. The van der Waals surface area contributed by atoms with Crippen molar-refractivity contribution in [3.63, 3.8) is 0 Å². The molecule has 2 aromatic rings. The molecular formula is C24H27NO4. The van der Waals surface area contributed by atoms with E-state index in [9.17, 15) is 0 Å². The number of fused-ring (bicyclic) bond motifs is 5. The van der Waals surface area contributed by atoms with E-state index in [1.165, 1.54) is 28.0 Å². The maximum absolute atomic E-state index is 5.89. The molecule has 0 fully saturated rings. The van der Waals surface area contributed by atoms with Crippen LogP contribution in [0.5, 0.6) is 23.0 Å². The van der Waals surface area contributed by atoms with Gasteiger partial charge in [0.05, 0.1) is 19.8 Å². The molecule has 3 aliphatic rings. The fraction of sp³-hybridized carbons (Fsp3) is 0.417. The number of hydrogen-bond donors (Lipinski definition) is 0. The second kappa shape index (κ2) is 6.61. The van der Waals surface area contributed by atoms with Crippen molar-refractivity contribution < 1.29 is 18.9 Å². The lowest BCUT2D eigenvalue weighted by molar-refractivity contribution is 0.134. The maximum atomic E-state index is 5.89. The van der Waals surface area contributed by atoms with Gasteiger partial charge in [-0.3, -0.25) is 0 Å². The third-order valence-electron chi connectivity index (χ3n) is 6.79. The Balaban J connectivity index is 1.78. The predicted octanol–water partition coefficient (Wildman–Crippen LogP) is 4.82. The van der Waals surface area contributed by atoms with Crippen molar-refractivity contribution >= 4 is 11.8 Å². The summed E-state index contributed by atoms with van der Waals surface area (Å²) < 4.78 is 22.8. The molecule has 0 saturated heterocycles. The normalized spacial score (nSPS) is 17.8. The van der Waals surface area contributed by atoms with Crippen LogP contribution in [-0.4, -0.2) is 32.5 Å². The van der Waals surface area contributed by atoms with Crippen molar-refractivity contribution in [3.05, 3.63) is 46.5 Å². The molecule has 3 heterocycles. The number of nitrogens with zero attached hydrogens (tertiary/aromatic N) is 1. The lowest BCUT2D eigenvalue weighted by Gasteiger charge is -2.52. The SMILES string of the molecule is CCC1(CC)c2c(ccc(OC)c2OC)C=C2c3cc4c(cc3CCN21)OCO4. The van der Waals surface area contributed by atoms with Crippen LogP contribution in [0, 0.1) is 0 Å². The minimum Gasteiger partial charge on any atom is -0.493 e. The topological polar surface area (TPSA) is 40.2 Å². The molecule has 29 heavy (non-hydrogen) atoms. The van der Waals surface area contributed by atoms with Crippen molar-refractivity contribution in [3.8, 4) is 23.0 Å². The van der Waals surface area contributed by atoms with Gasteiger partial charge in [0.25, 0.3) is 0 Å². The van der Waals surface area contributed by atoms with E-state index in [1.807, 2.05) is 6.07 Å². The van der Waals surface area contributed by atoms with Gasteiger partial charge in [-0.1, -0.05) is 19.9 Å². The first-order chi connectivity index (χ1) is 14.2. The van der Waals surface area contributed by atoms with Gasteiger partial charge < -0.3 is 23.8 Å². The molecule has 0 bridgehead atoms. The standard InChI is InChI=1S/C24H27NO4/c1-5-24(6-2)22-16(7-8-19(26-3)23(22)27-4)11-18-17-13-21-20(28-14-29-21)12-15(17)9-10-25(18)24/h7-8,11-13H,5-6,9-10,14H2,1-4H3. The van der Waals surface area contributed by atoms with Crippen molar-refractivity contribution in [2.45, 2.75) is 38.6 Å². The quantitative estimate of drug-likeness (QED) is 0.745. The van der Waals surface area contributed by atoms with Crippen LogP contribution in [0.3, 0.4) is 0 Å². The third kappa shape index (κ3) is 2.39. The van der Waals surface area contributed by atoms with Crippen LogP contribution in [0.2, 0.25) is 0 Å². The predicted molar refractivity (Wildman–Crippen MR) is 113 cm³/mol. The fourth-order valence-electron chi connectivity index (χ4n) is 5.34. The summed E-state index contributed by atoms with van der Waals surface area (Å²) in [5.74, 6) is 3.33. The molecule has 0 radical (unpaired) electrons. The third-order valence-corrected chi connectivity index (χ3v) is 6.79. The van der Waals surface area contributed by atoms with Crippen LogP contribution in [0.15, 0.2) is 24.3 Å². The Morgan fingerprint density at radius 3 is 2.48 bits per heavy atom. The molecule has 0 aliphatic carbocycles. The highest BCUT2D eigenvalue weighted by atomic mass is 16.7.